The van der Waals surface area contributed by atoms with Crippen molar-refractivity contribution in [2.24, 2.45) is 0 Å². The third-order valence-corrected chi connectivity index (χ3v) is 5.21. The number of hydrogen-bond acceptors (Lipinski definition) is 3. The van der Waals surface area contributed by atoms with Crippen molar-refractivity contribution in [1.29, 1.82) is 0 Å². The molecule has 1 aromatic heterocycles. The number of carbonyl (C=O) groups excluding carboxylic acids is 2. The minimum absolute atomic E-state index is 0.0639. The average molecular weight is 356 g/mol. The highest BCUT2D eigenvalue weighted by atomic mass is 16.3. The molecule has 2 aromatic rings. The van der Waals surface area contributed by atoms with E-state index in [0.717, 1.165) is 43.1 Å². The summed E-state index contributed by atoms with van der Waals surface area (Å²) in [6, 6.07) is 7.57. The average Bonchev–Trinajstić information content (AvgIpc) is 3.06. The summed E-state index contributed by atoms with van der Waals surface area (Å²) in [6.45, 7) is 4.74. The highest BCUT2D eigenvalue weighted by molar-refractivity contribution is 6.00. The zero-order chi connectivity index (χ0) is 18.6. The van der Waals surface area contributed by atoms with Gasteiger partial charge in [-0.3, -0.25) is 9.59 Å². The molecule has 3 rings (SSSR count). The first-order chi connectivity index (χ1) is 12.5. The lowest BCUT2D eigenvalue weighted by atomic mass is 9.80. The zero-order valence-corrected chi connectivity index (χ0v) is 15.7. The molecule has 1 aromatic carbocycles. The van der Waals surface area contributed by atoms with Crippen molar-refractivity contribution in [3.8, 4) is 0 Å². The Kier molecular flexibility index (Phi) is 5.64. The van der Waals surface area contributed by atoms with Crippen molar-refractivity contribution in [1.82, 2.24) is 10.6 Å². The van der Waals surface area contributed by atoms with E-state index < -0.39 is 5.54 Å². The van der Waals surface area contributed by atoms with Crippen molar-refractivity contribution >= 4 is 22.8 Å². The summed E-state index contributed by atoms with van der Waals surface area (Å²) < 4.78 is 5.71. The second-order valence-electron chi connectivity index (χ2n) is 7.36. The van der Waals surface area contributed by atoms with Gasteiger partial charge in [0, 0.05) is 11.9 Å². The van der Waals surface area contributed by atoms with Gasteiger partial charge in [-0.2, -0.15) is 0 Å². The molecule has 0 bridgehead atoms. The van der Waals surface area contributed by atoms with E-state index in [-0.39, 0.29) is 17.6 Å². The molecule has 26 heavy (non-hydrogen) atoms. The molecule has 0 aliphatic heterocycles. The number of fused-ring (bicyclic) bond motifs is 1. The van der Waals surface area contributed by atoms with E-state index in [1.54, 1.807) is 6.07 Å². The molecule has 2 amide bonds. The fraction of sp³-hybridized carbons (Fsp3) is 0.524. The normalized spacial score (nSPS) is 16.4. The van der Waals surface area contributed by atoms with Gasteiger partial charge < -0.3 is 15.1 Å². The van der Waals surface area contributed by atoms with Crippen LogP contribution in [0.25, 0.3) is 11.0 Å². The number of aryl methyl sites for hydroxylation is 1. The van der Waals surface area contributed by atoms with E-state index in [2.05, 4.69) is 17.6 Å². The Morgan fingerprint density at radius 1 is 1.15 bits per heavy atom. The van der Waals surface area contributed by atoms with Gasteiger partial charge in [-0.25, -0.2) is 0 Å². The Morgan fingerprint density at radius 3 is 2.65 bits per heavy atom. The molecular weight excluding hydrogens is 328 g/mol. The summed E-state index contributed by atoms with van der Waals surface area (Å²) in [6.07, 6.45) is 6.31. The fourth-order valence-electron chi connectivity index (χ4n) is 3.67. The summed E-state index contributed by atoms with van der Waals surface area (Å²) in [5.41, 5.74) is 0.980. The van der Waals surface area contributed by atoms with Crippen LogP contribution in [0.1, 0.15) is 68.0 Å². The van der Waals surface area contributed by atoms with E-state index in [1.807, 2.05) is 25.1 Å². The van der Waals surface area contributed by atoms with Crippen LogP contribution in [0, 0.1) is 6.92 Å². The van der Waals surface area contributed by atoms with Gasteiger partial charge in [0.05, 0.1) is 0 Å². The number of benzene rings is 1. The lowest BCUT2D eigenvalue weighted by Gasteiger charge is -2.36. The van der Waals surface area contributed by atoms with Crippen LogP contribution < -0.4 is 10.6 Å². The van der Waals surface area contributed by atoms with E-state index >= 15 is 0 Å². The maximum absolute atomic E-state index is 12.8. The minimum Gasteiger partial charge on any atom is -0.451 e. The minimum atomic E-state index is -0.821. The van der Waals surface area contributed by atoms with Crippen LogP contribution in [-0.2, 0) is 4.79 Å². The Bertz CT molecular complexity index is 788. The van der Waals surface area contributed by atoms with Gasteiger partial charge in [0.2, 0.25) is 5.91 Å². The van der Waals surface area contributed by atoms with Gasteiger partial charge in [-0.15, -0.1) is 0 Å². The van der Waals surface area contributed by atoms with Crippen molar-refractivity contribution in [2.75, 3.05) is 6.54 Å². The summed E-state index contributed by atoms with van der Waals surface area (Å²) >= 11 is 0. The maximum atomic E-state index is 12.8. The number of nitrogens with one attached hydrogen (secondary N) is 2. The van der Waals surface area contributed by atoms with Crippen LogP contribution in [0.2, 0.25) is 0 Å². The molecule has 140 valence electrons. The second-order valence-corrected chi connectivity index (χ2v) is 7.36. The highest BCUT2D eigenvalue weighted by Gasteiger charge is 2.41. The molecular formula is C21H28N2O3. The van der Waals surface area contributed by atoms with E-state index in [1.165, 1.54) is 0 Å². The van der Waals surface area contributed by atoms with Crippen LogP contribution in [0.5, 0.6) is 0 Å². The first-order valence-electron chi connectivity index (χ1n) is 9.65. The van der Waals surface area contributed by atoms with Crippen LogP contribution in [-0.4, -0.2) is 23.9 Å². The molecule has 0 saturated heterocycles. The van der Waals surface area contributed by atoms with Crippen LogP contribution in [0.15, 0.2) is 28.7 Å². The first kappa shape index (κ1) is 18.5. The van der Waals surface area contributed by atoms with Crippen molar-refractivity contribution in [2.45, 2.75) is 64.3 Å². The van der Waals surface area contributed by atoms with Gasteiger partial charge in [0.25, 0.3) is 5.91 Å². The third kappa shape index (κ3) is 3.92. The van der Waals surface area contributed by atoms with Gasteiger partial charge in [0.15, 0.2) is 5.76 Å². The lowest BCUT2D eigenvalue weighted by molar-refractivity contribution is -0.128. The number of furan rings is 1. The van der Waals surface area contributed by atoms with Crippen LogP contribution in [0.3, 0.4) is 0 Å². The standard InChI is InChI=1S/C21H28N2O3/c1-3-4-12-22-20(25)21(10-6-5-7-11-21)23-19(24)18-14-16-13-15(2)8-9-17(16)26-18/h8-9,13-14H,3-7,10-12H2,1-2H3,(H,22,25)(H,23,24). The molecule has 2 N–H and O–H groups in total. The van der Waals surface area contributed by atoms with Gasteiger partial charge in [0.1, 0.15) is 11.1 Å². The molecule has 1 aliphatic rings. The SMILES string of the molecule is CCCCNC(=O)C1(NC(=O)c2cc3cc(C)ccc3o2)CCCCC1. The molecule has 5 heteroatoms. The van der Waals surface area contributed by atoms with Crippen LogP contribution in [0.4, 0.5) is 0 Å². The number of carbonyl (C=O) groups is 2. The van der Waals surface area contributed by atoms with Crippen molar-refractivity contribution in [3.05, 3.63) is 35.6 Å². The maximum Gasteiger partial charge on any atom is 0.287 e. The molecule has 1 saturated carbocycles. The van der Waals surface area contributed by atoms with Crippen LogP contribution >= 0.6 is 0 Å². The molecule has 0 radical (unpaired) electrons. The van der Waals surface area contributed by atoms with Gasteiger partial charge >= 0.3 is 0 Å². The molecule has 5 nitrogen and oxygen atoms in total. The van der Waals surface area contributed by atoms with Gasteiger partial charge in [-0.05, 0) is 44.4 Å². The predicted octanol–water partition coefficient (Wildman–Crippen LogP) is 4.09. The third-order valence-electron chi connectivity index (χ3n) is 5.21. The smallest absolute Gasteiger partial charge is 0.287 e. The molecule has 1 fully saturated rings. The van der Waals surface area contributed by atoms with E-state index in [0.29, 0.717) is 25.0 Å². The first-order valence-corrected chi connectivity index (χ1v) is 9.65. The largest absolute Gasteiger partial charge is 0.451 e. The number of unbranched alkanes of at least 4 members (excludes halogenated alkanes) is 1. The molecule has 0 unspecified atom stereocenters. The van der Waals surface area contributed by atoms with E-state index in [9.17, 15) is 9.59 Å². The number of amides is 2. The van der Waals surface area contributed by atoms with E-state index in [4.69, 9.17) is 4.42 Å². The molecule has 0 spiro atoms. The monoisotopic (exact) mass is 356 g/mol. The zero-order valence-electron chi connectivity index (χ0n) is 15.7. The van der Waals surface area contributed by atoms with Gasteiger partial charge in [-0.1, -0.05) is 44.2 Å². The topological polar surface area (TPSA) is 71.3 Å². The summed E-state index contributed by atoms with van der Waals surface area (Å²) in [5, 5.41) is 6.91. The van der Waals surface area contributed by atoms with Crippen molar-refractivity contribution in [3.63, 3.8) is 0 Å². The fourth-order valence-corrected chi connectivity index (χ4v) is 3.67. The molecule has 0 atom stereocenters. The summed E-state index contributed by atoms with van der Waals surface area (Å²) in [4.78, 5) is 25.6. The summed E-state index contributed by atoms with van der Waals surface area (Å²) in [5.74, 6) is -0.116. The predicted molar refractivity (Wildman–Crippen MR) is 102 cm³/mol. The molecule has 1 aliphatic carbocycles. The second kappa shape index (κ2) is 7.94. The Balaban J connectivity index is 1.78. The quantitative estimate of drug-likeness (QED) is 0.766. The lowest BCUT2D eigenvalue weighted by Crippen LogP contribution is -2.59. The Morgan fingerprint density at radius 2 is 1.92 bits per heavy atom. The number of rotatable bonds is 6. The Labute approximate surface area is 154 Å². The van der Waals surface area contributed by atoms with Crippen molar-refractivity contribution < 1.29 is 14.0 Å². The Hall–Kier alpha value is -2.30. The molecule has 1 heterocycles. The highest BCUT2D eigenvalue weighted by Crippen LogP contribution is 2.29. The summed E-state index contributed by atoms with van der Waals surface area (Å²) in [7, 11) is 0. The number of hydrogen-bond donors (Lipinski definition) is 2.